The minimum Gasteiger partial charge on any atom is -0.300 e. The highest BCUT2D eigenvalue weighted by Crippen LogP contribution is 2.07. The summed E-state index contributed by atoms with van der Waals surface area (Å²) in [6, 6.07) is 2.82. The van der Waals surface area contributed by atoms with Gasteiger partial charge in [0.2, 0.25) is 0 Å². The van der Waals surface area contributed by atoms with Crippen molar-refractivity contribution in [1.82, 2.24) is 16.4 Å². The fourth-order valence-corrected chi connectivity index (χ4v) is 1.79. The van der Waals surface area contributed by atoms with Crippen molar-refractivity contribution in [3.63, 3.8) is 0 Å². The summed E-state index contributed by atoms with van der Waals surface area (Å²) in [7, 11) is 0. The third-order valence-corrected chi connectivity index (χ3v) is 2.82. The van der Waals surface area contributed by atoms with Gasteiger partial charge in [0.15, 0.2) is 0 Å². The maximum absolute atomic E-state index is 11.5. The molecule has 0 amide bonds. The van der Waals surface area contributed by atoms with E-state index in [-0.39, 0.29) is 0 Å². The molecule has 0 saturated heterocycles. The Hall–Kier alpha value is -1.05. The Balaban J connectivity index is 2.21. The third kappa shape index (κ3) is 8.73. The summed E-state index contributed by atoms with van der Waals surface area (Å²) in [5.41, 5.74) is 8.68. The second kappa shape index (κ2) is 10.1. The standard InChI is InChI=1S/C13H23N3O/c17-13-9-5-1-3-7-11-14-16-15-12-8-4-2-6-10-13/h14-16H,1-7,9-11H2. The zero-order chi connectivity index (χ0) is 12.2. The van der Waals surface area contributed by atoms with Crippen LogP contribution in [-0.4, -0.2) is 12.3 Å². The second-order valence-corrected chi connectivity index (χ2v) is 4.39. The van der Waals surface area contributed by atoms with Crippen LogP contribution in [0.5, 0.6) is 0 Å². The molecule has 0 fully saturated rings. The zero-order valence-electron chi connectivity index (χ0n) is 10.5. The monoisotopic (exact) mass is 237 g/mol. The molecule has 1 aliphatic rings. The molecule has 0 radical (unpaired) electrons. The first kappa shape index (κ1) is 14.0. The van der Waals surface area contributed by atoms with E-state index in [0.717, 1.165) is 57.9 Å². The van der Waals surface area contributed by atoms with Crippen LogP contribution in [0.15, 0.2) is 0 Å². The minimum atomic E-state index is 0.419. The van der Waals surface area contributed by atoms with Crippen LogP contribution in [0.4, 0.5) is 0 Å². The van der Waals surface area contributed by atoms with Gasteiger partial charge >= 0.3 is 0 Å². The molecular formula is C13H23N3O. The van der Waals surface area contributed by atoms with Crippen LogP contribution in [0.1, 0.15) is 57.8 Å². The number of ketones is 1. The largest absolute Gasteiger partial charge is 0.300 e. The molecule has 0 aromatic heterocycles. The van der Waals surface area contributed by atoms with Crippen molar-refractivity contribution in [3.8, 4) is 12.0 Å². The van der Waals surface area contributed by atoms with Gasteiger partial charge in [-0.15, -0.1) is 0 Å². The lowest BCUT2D eigenvalue weighted by Crippen LogP contribution is -2.41. The van der Waals surface area contributed by atoms with Gasteiger partial charge in [-0.05, 0) is 25.7 Å². The fourth-order valence-electron chi connectivity index (χ4n) is 1.79. The maximum atomic E-state index is 11.5. The van der Waals surface area contributed by atoms with Gasteiger partial charge < -0.3 is 0 Å². The van der Waals surface area contributed by atoms with E-state index in [2.05, 4.69) is 28.4 Å². The maximum Gasteiger partial charge on any atom is 0.132 e. The Labute approximate surface area is 104 Å². The first-order valence-corrected chi connectivity index (χ1v) is 6.62. The first-order chi connectivity index (χ1) is 8.39. The van der Waals surface area contributed by atoms with Gasteiger partial charge in [0.1, 0.15) is 5.78 Å². The Morgan fingerprint density at radius 3 is 2.59 bits per heavy atom. The van der Waals surface area contributed by atoms with E-state index >= 15 is 0 Å². The van der Waals surface area contributed by atoms with Crippen LogP contribution in [0.25, 0.3) is 0 Å². The number of hydrogen-bond acceptors (Lipinski definition) is 4. The molecule has 0 atom stereocenters. The van der Waals surface area contributed by atoms with Crippen molar-refractivity contribution < 1.29 is 4.79 Å². The van der Waals surface area contributed by atoms with E-state index in [9.17, 15) is 4.79 Å². The van der Waals surface area contributed by atoms with Crippen molar-refractivity contribution in [2.24, 2.45) is 0 Å². The predicted molar refractivity (Wildman–Crippen MR) is 68.6 cm³/mol. The lowest BCUT2D eigenvalue weighted by Gasteiger charge is -2.05. The number of hydrazine groups is 2. The molecule has 17 heavy (non-hydrogen) atoms. The Kier molecular flexibility index (Phi) is 8.35. The van der Waals surface area contributed by atoms with Gasteiger partial charge in [0.25, 0.3) is 0 Å². The summed E-state index contributed by atoms with van der Waals surface area (Å²) in [4.78, 5) is 11.5. The molecular weight excluding hydrogens is 214 g/mol. The van der Waals surface area contributed by atoms with Gasteiger partial charge in [-0.1, -0.05) is 18.8 Å². The van der Waals surface area contributed by atoms with Gasteiger partial charge in [-0.25, -0.2) is 5.43 Å². The number of carbonyl (C=O) groups is 1. The Bertz CT molecular complexity index is 268. The van der Waals surface area contributed by atoms with Gasteiger partial charge in [-0.2, -0.15) is 5.53 Å². The summed E-state index contributed by atoms with van der Waals surface area (Å²) in [5, 5.41) is 0. The highest BCUT2D eigenvalue weighted by atomic mass is 16.1. The van der Waals surface area contributed by atoms with Crippen LogP contribution < -0.4 is 16.4 Å². The molecule has 4 nitrogen and oxygen atoms in total. The number of rotatable bonds is 0. The van der Waals surface area contributed by atoms with E-state index in [1.54, 1.807) is 0 Å². The van der Waals surface area contributed by atoms with Crippen molar-refractivity contribution in [1.29, 1.82) is 0 Å². The SMILES string of the molecule is O=C1CCCCC#CNNNCCCCCC1. The highest BCUT2D eigenvalue weighted by molar-refractivity contribution is 5.78. The number of Topliss-reactive ketones (excluding diaryl/α,β-unsaturated/α-hetero) is 1. The quantitative estimate of drug-likeness (QED) is 0.561. The smallest absolute Gasteiger partial charge is 0.132 e. The molecule has 1 aliphatic heterocycles. The molecule has 0 aromatic carbocycles. The molecule has 1 heterocycles. The lowest BCUT2D eigenvalue weighted by atomic mass is 10.1. The number of hydrogen-bond donors (Lipinski definition) is 3. The van der Waals surface area contributed by atoms with Crippen LogP contribution >= 0.6 is 0 Å². The van der Waals surface area contributed by atoms with Crippen molar-refractivity contribution in [2.45, 2.75) is 57.8 Å². The topological polar surface area (TPSA) is 53.2 Å². The van der Waals surface area contributed by atoms with Gasteiger partial charge in [-0.3, -0.25) is 10.2 Å². The van der Waals surface area contributed by atoms with Crippen molar-refractivity contribution in [3.05, 3.63) is 0 Å². The average Bonchev–Trinajstić information content (AvgIpc) is 2.32. The van der Waals surface area contributed by atoms with Crippen molar-refractivity contribution in [2.75, 3.05) is 6.54 Å². The predicted octanol–water partition coefficient (Wildman–Crippen LogP) is 1.64. The van der Waals surface area contributed by atoms with Crippen LogP contribution in [0, 0.1) is 12.0 Å². The fraction of sp³-hybridized carbons (Fsp3) is 0.769. The molecule has 3 N–H and O–H groups in total. The van der Waals surface area contributed by atoms with E-state index in [0.29, 0.717) is 5.78 Å². The molecule has 96 valence electrons. The number of nitrogens with one attached hydrogen (secondary N) is 3. The minimum absolute atomic E-state index is 0.419. The summed E-state index contributed by atoms with van der Waals surface area (Å²) >= 11 is 0. The summed E-state index contributed by atoms with van der Waals surface area (Å²) in [5.74, 6) is 3.43. The summed E-state index contributed by atoms with van der Waals surface area (Å²) in [6.07, 6.45) is 8.82. The molecule has 0 aliphatic carbocycles. The van der Waals surface area contributed by atoms with Crippen molar-refractivity contribution >= 4 is 5.78 Å². The molecule has 0 saturated carbocycles. The van der Waals surface area contributed by atoms with E-state index in [4.69, 9.17) is 0 Å². The summed E-state index contributed by atoms with van der Waals surface area (Å²) < 4.78 is 0. The van der Waals surface area contributed by atoms with E-state index in [1.807, 2.05) is 0 Å². The molecule has 4 heteroatoms. The van der Waals surface area contributed by atoms with Gasteiger partial charge in [0, 0.05) is 31.9 Å². The van der Waals surface area contributed by atoms with Crippen LogP contribution in [0.2, 0.25) is 0 Å². The van der Waals surface area contributed by atoms with Gasteiger partial charge in [0.05, 0.1) is 0 Å². The van der Waals surface area contributed by atoms with Crippen LogP contribution in [0.3, 0.4) is 0 Å². The molecule has 0 unspecified atom stereocenters. The number of carbonyl (C=O) groups excluding carboxylic acids is 1. The molecule has 1 rings (SSSR count). The van der Waals surface area contributed by atoms with Crippen LogP contribution in [-0.2, 0) is 4.79 Å². The first-order valence-electron chi connectivity index (χ1n) is 6.62. The Morgan fingerprint density at radius 2 is 1.71 bits per heavy atom. The molecule has 0 aromatic rings. The normalized spacial score (nSPS) is 21.1. The lowest BCUT2D eigenvalue weighted by molar-refractivity contribution is -0.119. The zero-order valence-corrected chi connectivity index (χ0v) is 10.5. The highest BCUT2D eigenvalue weighted by Gasteiger charge is 2.01. The molecule has 0 bridgehead atoms. The second-order valence-electron chi connectivity index (χ2n) is 4.39. The van der Waals surface area contributed by atoms with E-state index in [1.165, 1.54) is 6.42 Å². The Morgan fingerprint density at radius 1 is 0.941 bits per heavy atom. The third-order valence-electron chi connectivity index (χ3n) is 2.82. The summed E-state index contributed by atoms with van der Waals surface area (Å²) in [6.45, 7) is 0.919. The van der Waals surface area contributed by atoms with E-state index < -0.39 is 0 Å². The molecule has 0 spiro atoms. The average molecular weight is 237 g/mol.